The molecule has 1 heterocycles. The summed E-state index contributed by atoms with van der Waals surface area (Å²) in [5.41, 5.74) is 0. The summed E-state index contributed by atoms with van der Waals surface area (Å²) in [6, 6.07) is 0.877. The topological polar surface area (TPSA) is 12.0 Å². The molecule has 2 rings (SSSR count). The van der Waals surface area contributed by atoms with E-state index < -0.39 is 0 Å². The Morgan fingerprint density at radius 3 is 2.38 bits per heavy atom. The van der Waals surface area contributed by atoms with E-state index in [1.165, 1.54) is 64.3 Å². The number of hydrogen-bond acceptors (Lipinski definition) is 1. The van der Waals surface area contributed by atoms with E-state index in [-0.39, 0.29) is 0 Å². The molecule has 1 aliphatic heterocycles. The van der Waals surface area contributed by atoms with Crippen molar-refractivity contribution in [3.05, 3.63) is 0 Å². The largest absolute Gasteiger partial charge is 0.314 e. The molecule has 1 N–H and O–H groups in total. The van der Waals surface area contributed by atoms with Crippen LogP contribution in [0.5, 0.6) is 0 Å². The summed E-state index contributed by atoms with van der Waals surface area (Å²) in [6.45, 7) is 1.27. The van der Waals surface area contributed by atoms with E-state index in [0.717, 1.165) is 12.0 Å². The minimum absolute atomic E-state index is 0.877. The first-order chi connectivity index (χ1) is 6.45. The van der Waals surface area contributed by atoms with E-state index in [0.29, 0.717) is 0 Å². The summed E-state index contributed by atoms with van der Waals surface area (Å²) in [5.74, 6) is 1.08. The van der Waals surface area contributed by atoms with Crippen LogP contribution in [-0.4, -0.2) is 12.6 Å². The molecule has 1 unspecified atom stereocenters. The van der Waals surface area contributed by atoms with E-state index in [9.17, 15) is 0 Å². The van der Waals surface area contributed by atoms with Crippen LogP contribution in [0.15, 0.2) is 0 Å². The molecule has 0 aromatic heterocycles. The van der Waals surface area contributed by atoms with Crippen molar-refractivity contribution in [2.45, 2.75) is 63.8 Å². The van der Waals surface area contributed by atoms with Crippen LogP contribution >= 0.6 is 0 Å². The number of hydrogen-bond donors (Lipinski definition) is 1. The van der Waals surface area contributed by atoms with Gasteiger partial charge in [0.1, 0.15) is 0 Å². The van der Waals surface area contributed by atoms with E-state index >= 15 is 0 Å². The van der Waals surface area contributed by atoms with Crippen molar-refractivity contribution in [1.82, 2.24) is 5.32 Å². The second-order valence-electron chi connectivity index (χ2n) is 4.87. The Labute approximate surface area is 82.3 Å². The van der Waals surface area contributed by atoms with Crippen LogP contribution < -0.4 is 5.32 Å². The fourth-order valence-electron chi connectivity index (χ4n) is 2.92. The van der Waals surface area contributed by atoms with Gasteiger partial charge < -0.3 is 5.32 Å². The van der Waals surface area contributed by atoms with Crippen LogP contribution in [0, 0.1) is 5.92 Å². The monoisotopic (exact) mass is 181 g/mol. The van der Waals surface area contributed by atoms with E-state index in [1.54, 1.807) is 0 Å². The van der Waals surface area contributed by atoms with Gasteiger partial charge in [-0.25, -0.2) is 0 Å². The van der Waals surface area contributed by atoms with Crippen LogP contribution in [0.2, 0.25) is 0 Å². The second-order valence-corrected chi connectivity index (χ2v) is 4.87. The third-order valence-corrected chi connectivity index (χ3v) is 3.81. The highest BCUT2D eigenvalue weighted by molar-refractivity contribution is 4.76. The normalized spacial score (nSPS) is 30.9. The summed E-state index contributed by atoms with van der Waals surface area (Å²) >= 11 is 0. The predicted molar refractivity (Wildman–Crippen MR) is 56.8 cm³/mol. The molecule has 1 heteroatoms. The maximum atomic E-state index is 3.60. The SMILES string of the molecule is C1CCC(CCC2CCCN2)CC1. The molecule has 13 heavy (non-hydrogen) atoms. The Hall–Kier alpha value is -0.0400. The van der Waals surface area contributed by atoms with Gasteiger partial charge in [0.2, 0.25) is 0 Å². The van der Waals surface area contributed by atoms with Gasteiger partial charge >= 0.3 is 0 Å². The molecular weight excluding hydrogens is 158 g/mol. The highest BCUT2D eigenvalue weighted by Gasteiger charge is 2.18. The first-order valence-electron chi connectivity index (χ1n) is 6.18. The van der Waals surface area contributed by atoms with Crippen molar-refractivity contribution in [3.8, 4) is 0 Å². The Kier molecular flexibility index (Phi) is 3.65. The molecule has 0 bridgehead atoms. The fourth-order valence-corrected chi connectivity index (χ4v) is 2.92. The molecule has 1 nitrogen and oxygen atoms in total. The van der Waals surface area contributed by atoms with Crippen LogP contribution in [0.25, 0.3) is 0 Å². The molecule has 2 fully saturated rings. The predicted octanol–water partition coefficient (Wildman–Crippen LogP) is 3.10. The average Bonchev–Trinajstić information content (AvgIpc) is 2.69. The van der Waals surface area contributed by atoms with Crippen molar-refractivity contribution in [2.75, 3.05) is 6.54 Å². The highest BCUT2D eigenvalue weighted by atomic mass is 14.9. The third-order valence-electron chi connectivity index (χ3n) is 3.81. The van der Waals surface area contributed by atoms with E-state index in [1.807, 2.05) is 0 Å². The first-order valence-corrected chi connectivity index (χ1v) is 6.18. The molecule has 0 spiro atoms. The summed E-state index contributed by atoms with van der Waals surface area (Å²) in [5, 5.41) is 3.60. The minimum atomic E-state index is 0.877. The zero-order valence-electron chi connectivity index (χ0n) is 8.73. The van der Waals surface area contributed by atoms with Crippen molar-refractivity contribution < 1.29 is 0 Å². The molecule has 76 valence electrons. The molecule has 0 aromatic rings. The summed E-state index contributed by atoms with van der Waals surface area (Å²) in [4.78, 5) is 0. The van der Waals surface area contributed by atoms with Gasteiger partial charge in [-0.1, -0.05) is 32.1 Å². The average molecular weight is 181 g/mol. The molecule has 1 saturated heterocycles. The standard InChI is InChI=1S/C12H23N/c1-2-5-11(6-3-1)8-9-12-7-4-10-13-12/h11-13H,1-10H2. The number of rotatable bonds is 3. The Bertz CT molecular complexity index is 132. The zero-order valence-corrected chi connectivity index (χ0v) is 8.73. The van der Waals surface area contributed by atoms with Crippen LogP contribution in [0.1, 0.15) is 57.8 Å². The van der Waals surface area contributed by atoms with Gasteiger partial charge in [-0.15, -0.1) is 0 Å². The molecular formula is C12H23N. The Morgan fingerprint density at radius 1 is 0.846 bits per heavy atom. The number of nitrogens with one attached hydrogen (secondary N) is 1. The Balaban J connectivity index is 1.60. The highest BCUT2D eigenvalue weighted by Crippen LogP contribution is 2.28. The maximum absolute atomic E-state index is 3.60. The molecule has 2 aliphatic rings. The second kappa shape index (κ2) is 4.99. The fraction of sp³-hybridized carbons (Fsp3) is 1.00. The van der Waals surface area contributed by atoms with Gasteiger partial charge in [-0.2, -0.15) is 0 Å². The van der Waals surface area contributed by atoms with Crippen LogP contribution in [0.4, 0.5) is 0 Å². The summed E-state index contributed by atoms with van der Waals surface area (Å²) in [7, 11) is 0. The van der Waals surface area contributed by atoms with Gasteiger partial charge in [-0.3, -0.25) is 0 Å². The van der Waals surface area contributed by atoms with Gasteiger partial charge in [-0.05, 0) is 38.1 Å². The minimum Gasteiger partial charge on any atom is -0.314 e. The lowest BCUT2D eigenvalue weighted by Crippen LogP contribution is -2.22. The first kappa shape index (κ1) is 9.51. The van der Waals surface area contributed by atoms with Gasteiger partial charge in [0, 0.05) is 6.04 Å². The lowest BCUT2D eigenvalue weighted by Gasteiger charge is -2.22. The smallest absolute Gasteiger partial charge is 0.00676 e. The molecule has 1 saturated carbocycles. The molecule has 0 amide bonds. The Morgan fingerprint density at radius 2 is 1.69 bits per heavy atom. The van der Waals surface area contributed by atoms with Gasteiger partial charge in [0.05, 0.1) is 0 Å². The lowest BCUT2D eigenvalue weighted by molar-refractivity contribution is 0.319. The van der Waals surface area contributed by atoms with Gasteiger partial charge in [0.15, 0.2) is 0 Å². The summed E-state index contributed by atoms with van der Waals surface area (Å²) in [6.07, 6.45) is 13.3. The third kappa shape index (κ3) is 2.98. The van der Waals surface area contributed by atoms with Crippen molar-refractivity contribution in [1.29, 1.82) is 0 Å². The van der Waals surface area contributed by atoms with Gasteiger partial charge in [0.25, 0.3) is 0 Å². The van der Waals surface area contributed by atoms with Crippen LogP contribution in [0.3, 0.4) is 0 Å². The lowest BCUT2D eigenvalue weighted by atomic mass is 9.85. The van der Waals surface area contributed by atoms with Crippen molar-refractivity contribution in [3.63, 3.8) is 0 Å². The molecule has 1 atom stereocenters. The maximum Gasteiger partial charge on any atom is 0.00676 e. The molecule has 1 aliphatic carbocycles. The van der Waals surface area contributed by atoms with Crippen molar-refractivity contribution >= 4 is 0 Å². The summed E-state index contributed by atoms with van der Waals surface area (Å²) < 4.78 is 0. The zero-order chi connectivity index (χ0) is 8.93. The molecule has 0 radical (unpaired) electrons. The van der Waals surface area contributed by atoms with E-state index in [4.69, 9.17) is 0 Å². The van der Waals surface area contributed by atoms with E-state index in [2.05, 4.69) is 5.32 Å². The van der Waals surface area contributed by atoms with Crippen LogP contribution in [-0.2, 0) is 0 Å². The quantitative estimate of drug-likeness (QED) is 0.705. The van der Waals surface area contributed by atoms with Crippen molar-refractivity contribution in [2.24, 2.45) is 5.92 Å². The molecule has 0 aromatic carbocycles.